The van der Waals surface area contributed by atoms with Gasteiger partial charge in [0, 0.05) is 16.1 Å². The zero-order valence-corrected chi connectivity index (χ0v) is 24.7. The van der Waals surface area contributed by atoms with E-state index in [2.05, 4.69) is 42.2 Å². The van der Waals surface area contributed by atoms with Crippen LogP contribution in [0.1, 0.15) is 35.3 Å². The van der Waals surface area contributed by atoms with Crippen molar-refractivity contribution in [1.29, 1.82) is 0 Å². The number of para-hydroxylation sites is 1. The smallest absolute Gasteiger partial charge is 0.203 e. The summed E-state index contributed by atoms with van der Waals surface area (Å²) in [5.41, 5.74) is 4.41. The molecule has 3 aromatic carbocycles. The highest BCUT2D eigenvalue weighted by Crippen LogP contribution is 2.39. The van der Waals surface area contributed by atoms with Gasteiger partial charge in [0.05, 0.1) is 37.8 Å². The van der Waals surface area contributed by atoms with E-state index < -0.39 is 0 Å². The lowest BCUT2D eigenvalue weighted by molar-refractivity contribution is 0.102. The monoisotopic (exact) mass is 585 g/mol. The van der Waals surface area contributed by atoms with Gasteiger partial charge in [0.15, 0.2) is 28.3 Å². The van der Waals surface area contributed by atoms with Crippen molar-refractivity contribution in [3.63, 3.8) is 0 Å². The minimum atomic E-state index is -0.126. The van der Waals surface area contributed by atoms with E-state index >= 15 is 0 Å². The van der Waals surface area contributed by atoms with Gasteiger partial charge >= 0.3 is 0 Å². The Morgan fingerprint density at radius 3 is 2.08 bits per heavy atom. The first-order chi connectivity index (χ1) is 18.9. The normalized spacial score (nSPS) is 10.9. The highest BCUT2D eigenvalue weighted by molar-refractivity contribution is 7.99. The molecule has 0 atom stereocenters. The lowest BCUT2D eigenvalue weighted by Gasteiger charge is -2.18. The summed E-state index contributed by atoms with van der Waals surface area (Å²) in [4.78, 5) is 13.4. The zero-order valence-electron chi connectivity index (χ0n) is 22.4. The highest BCUT2D eigenvalue weighted by atomic mass is 35.5. The van der Waals surface area contributed by atoms with Gasteiger partial charge in [0.2, 0.25) is 5.75 Å². The molecule has 0 radical (unpaired) electrons. The van der Waals surface area contributed by atoms with Crippen LogP contribution in [-0.2, 0) is 12.8 Å². The fourth-order valence-corrected chi connectivity index (χ4v) is 5.69. The molecular formula is C29H29Cl2N3O4S. The van der Waals surface area contributed by atoms with Gasteiger partial charge < -0.3 is 14.2 Å². The number of nitrogens with zero attached hydrogens (tertiary/aromatic N) is 3. The van der Waals surface area contributed by atoms with Gasteiger partial charge in [-0.2, -0.15) is 0 Å². The second-order valence-electron chi connectivity index (χ2n) is 8.52. The number of carbonyl (C=O) groups is 1. The zero-order chi connectivity index (χ0) is 28.1. The number of aromatic nitrogens is 3. The average molecular weight is 587 g/mol. The second kappa shape index (κ2) is 12.8. The van der Waals surface area contributed by atoms with Gasteiger partial charge in [-0.05, 0) is 54.3 Å². The predicted octanol–water partition coefficient (Wildman–Crippen LogP) is 7.37. The van der Waals surface area contributed by atoms with Crippen molar-refractivity contribution >= 4 is 40.7 Å². The van der Waals surface area contributed by atoms with Crippen molar-refractivity contribution in [3.8, 4) is 34.3 Å². The maximum Gasteiger partial charge on any atom is 0.203 e. The molecule has 0 spiro atoms. The van der Waals surface area contributed by atoms with E-state index in [1.165, 1.54) is 33.1 Å². The lowest BCUT2D eigenvalue weighted by atomic mass is 10.0. The predicted molar refractivity (Wildman–Crippen MR) is 157 cm³/mol. The number of rotatable bonds is 11. The van der Waals surface area contributed by atoms with Crippen LogP contribution in [0, 0.1) is 0 Å². The molecule has 0 aliphatic rings. The topological polar surface area (TPSA) is 75.5 Å². The number of Topliss-reactive ketones (excluding diaryl/α,β-unsaturated/α-hetero) is 1. The Morgan fingerprint density at radius 1 is 0.897 bits per heavy atom. The van der Waals surface area contributed by atoms with Crippen LogP contribution in [0.2, 0.25) is 10.0 Å². The van der Waals surface area contributed by atoms with Crippen LogP contribution in [0.3, 0.4) is 0 Å². The van der Waals surface area contributed by atoms with Crippen molar-refractivity contribution in [3.05, 3.63) is 75.3 Å². The number of halogens is 2. The van der Waals surface area contributed by atoms with Crippen LogP contribution in [-0.4, -0.2) is 47.6 Å². The molecule has 0 amide bonds. The number of aryl methyl sites for hydroxylation is 2. The molecule has 0 N–H and O–H groups in total. The molecule has 10 heteroatoms. The van der Waals surface area contributed by atoms with Crippen molar-refractivity contribution in [1.82, 2.24) is 14.8 Å². The van der Waals surface area contributed by atoms with E-state index in [1.807, 2.05) is 10.6 Å². The fourth-order valence-electron chi connectivity index (χ4n) is 4.37. The third-order valence-electron chi connectivity index (χ3n) is 6.31. The molecule has 0 saturated heterocycles. The molecular weight excluding hydrogens is 557 g/mol. The molecule has 204 valence electrons. The first-order valence-corrected chi connectivity index (χ1v) is 14.1. The molecule has 0 saturated carbocycles. The molecule has 1 heterocycles. The molecule has 0 aliphatic carbocycles. The number of methoxy groups -OCH3 is 3. The Labute approximate surface area is 242 Å². The second-order valence-corrected chi connectivity index (χ2v) is 10.3. The number of hydrogen-bond donors (Lipinski definition) is 0. The quantitative estimate of drug-likeness (QED) is 0.134. The Balaban J connectivity index is 1.79. The Bertz CT molecular complexity index is 1460. The van der Waals surface area contributed by atoms with Crippen LogP contribution in [0.15, 0.2) is 53.7 Å². The summed E-state index contributed by atoms with van der Waals surface area (Å²) < 4.78 is 18.2. The maximum absolute atomic E-state index is 13.4. The number of thioether (sulfide) groups is 1. The van der Waals surface area contributed by atoms with Gasteiger partial charge in [-0.25, -0.2) is 0 Å². The molecule has 0 aliphatic heterocycles. The van der Waals surface area contributed by atoms with E-state index in [4.69, 9.17) is 37.4 Å². The van der Waals surface area contributed by atoms with Gasteiger partial charge in [-0.15, -0.1) is 10.2 Å². The summed E-state index contributed by atoms with van der Waals surface area (Å²) in [5.74, 6) is 1.82. The first-order valence-electron chi connectivity index (χ1n) is 12.3. The van der Waals surface area contributed by atoms with Crippen LogP contribution in [0.4, 0.5) is 0 Å². The van der Waals surface area contributed by atoms with Gasteiger partial charge in [-0.1, -0.05) is 67.0 Å². The van der Waals surface area contributed by atoms with Gasteiger partial charge in [0.25, 0.3) is 0 Å². The number of ketones is 1. The van der Waals surface area contributed by atoms with E-state index in [0.29, 0.717) is 49.4 Å². The van der Waals surface area contributed by atoms with Crippen molar-refractivity contribution in [2.75, 3.05) is 27.1 Å². The third kappa shape index (κ3) is 5.88. The Kier molecular flexibility index (Phi) is 9.43. The summed E-state index contributed by atoms with van der Waals surface area (Å²) in [6.45, 7) is 4.22. The van der Waals surface area contributed by atoms with Crippen molar-refractivity contribution in [2.24, 2.45) is 0 Å². The Hall–Kier alpha value is -3.20. The Morgan fingerprint density at radius 2 is 1.54 bits per heavy atom. The summed E-state index contributed by atoms with van der Waals surface area (Å²) >= 11 is 14.1. The van der Waals surface area contributed by atoms with Crippen LogP contribution >= 0.6 is 35.0 Å². The third-order valence-corrected chi connectivity index (χ3v) is 7.79. The lowest BCUT2D eigenvalue weighted by Crippen LogP contribution is -2.09. The van der Waals surface area contributed by atoms with Crippen LogP contribution in [0.5, 0.6) is 17.2 Å². The molecule has 0 fully saturated rings. The van der Waals surface area contributed by atoms with E-state index in [0.717, 1.165) is 29.7 Å². The van der Waals surface area contributed by atoms with E-state index in [-0.39, 0.29) is 11.5 Å². The minimum Gasteiger partial charge on any atom is -0.493 e. The van der Waals surface area contributed by atoms with E-state index in [9.17, 15) is 4.79 Å². The van der Waals surface area contributed by atoms with E-state index in [1.54, 1.807) is 24.3 Å². The maximum atomic E-state index is 13.4. The molecule has 0 unspecified atom stereocenters. The fraction of sp³-hybridized carbons (Fsp3) is 0.276. The molecule has 4 aromatic rings. The highest BCUT2D eigenvalue weighted by Gasteiger charge is 2.24. The largest absolute Gasteiger partial charge is 0.493 e. The molecule has 0 bridgehead atoms. The number of benzene rings is 3. The summed E-state index contributed by atoms with van der Waals surface area (Å²) in [6, 6.07) is 14.8. The summed E-state index contributed by atoms with van der Waals surface area (Å²) in [5, 5.41) is 10.6. The molecule has 39 heavy (non-hydrogen) atoms. The van der Waals surface area contributed by atoms with Crippen molar-refractivity contribution < 1.29 is 19.0 Å². The van der Waals surface area contributed by atoms with Gasteiger partial charge in [-0.3, -0.25) is 9.36 Å². The van der Waals surface area contributed by atoms with Crippen molar-refractivity contribution in [2.45, 2.75) is 31.8 Å². The van der Waals surface area contributed by atoms with Crippen LogP contribution in [0.25, 0.3) is 17.1 Å². The molecule has 4 rings (SSSR count). The molecule has 1 aromatic heterocycles. The summed E-state index contributed by atoms with van der Waals surface area (Å²) in [6.07, 6.45) is 1.62. The molecule has 7 nitrogen and oxygen atoms in total. The average Bonchev–Trinajstić information content (AvgIpc) is 3.37. The standard InChI is InChI=1S/C29H29Cl2N3O4S/c1-6-17-9-8-10-18(7-2)26(17)34-28(21-12-11-20(30)15-22(21)31)32-33-29(34)39-16-23(35)19-13-24(36-3)27(38-5)25(14-19)37-4/h8-15H,6-7,16H2,1-5H3. The van der Waals surface area contributed by atoms with Gasteiger partial charge in [0.1, 0.15) is 0 Å². The van der Waals surface area contributed by atoms with Crippen LogP contribution < -0.4 is 14.2 Å². The number of carbonyl (C=O) groups excluding carboxylic acids is 1. The number of ether oxygens (including phenoxy) is 3. The number of hydrogen-bond acceptors (Lipinski definition) is 7. The minimum absolute atomic E-state index is 0.112. The summed E-state index contributed by atoms with van der Waals surface area (Å²) in [7, 11) is 4.55. The first kappa shape index (κ1) is 28.8. The SMILES string of the molecule is CCc1cccc(CC)c1-n1c(SCC(=O)c2cc(OC)c(OC)c(OC)c2)nnc1-c1ccc(Cl)cc1Cl.